The molecule has 3 heterocycles. The van der Waals surface area contributed by atoms with Gasteiger partial charge in [-0.05, 0) is 56.5 Å². The van der Waals surface area contributed by atoms with Crippen LogP contribution in [0.4, 0.5) is 17.3 Å². The Labute approximate surface area is 207 Å². The Kier molecular flexibility index (Phi) is 7.74. The summed E-state index contributed by atoms with van der Waals surface area (Å²) in [6.45, 7) is 8.81. The zero-order valence-corrected chi connectivity index (χ0v) is 21.2. The van der Waals surface area contributed by atoms with Gasteiger partial charge in [0.2, 0.25) is 0 Å². The number of nitrogens with zero attached hydrogens (tertiary/aromatic N) is 6. The number of piperazine rings is 1. The van der Waals surface area contributed by atoms with Crippen molar-refractivity contribution in [2.75, 3.05) is 62.4 Å². The Morgan fingerprint density at radius 2 is 2.00 bits per heavy atom. The lowest BCUT2D eigenvalue weighted by atomic mass is 10.00. The minimum atomic E-state index is 0.266. The van der Waals surface area contributed by atoms with Crippen molar-refractivity contribution in [2.24, 2.45) is 5.92 Å². The summed E-state index contributed by atoms with van der Waals surface area (Å²) < 4.78 is 0. The minimum Gasteiger partial charge on any atom is -0.369 e. The average Bonchev–Trinajstić information content (AvgIpc) is 2.84. The number of rotatable bonds is 7. The van der Waals surface area contributed by atoms with Gasteiger partial charge in [0.1, 0.15) is 18.0 Å². The van der Waals surface area contributed by atoms with Crippen LogP contribution in [0.25, 0.3) is 10.9 Å². The molecule has 0 amide bonds. The number of pyridine rings is 1. The molecule has 1 aromatic carbocycles. The van der Waals surface area contributed by atoms with E-state index >= 15 is 0 Å². The fraction of sp³-hybridized carbons (Fsp3) is 0.440. The topological polar surface area (TPSA) is 72.5 Å². The zero-order chi connectivity index (χ0) is 24.1. The van der Waals surface area contributed by atoms with E-state index in [0.29, 0.717) is 5.92 Å². The summed E-state index contributed by atoms with van der Waals surface area (Å²) in [5, 5.41) is 8.71. The predicted octanol–water partition coefficient (Wildman–Crippen LogP) is 3.54. The molecule has 3 aromatic rings. The van der Waals surface area contributed by atoms with Gasteiger partial charge >= 0.3 is 0 Å². The molecule has 0 saturated carbocycles. The Balaban J connectivity index is 1.45. The molecule has 1 fully saturated rings. The highest BCUT2D eigenvalue weighted by molar-refractivity contribution is 7.80. The van der Waals surface area contributed by atoms with Crippen LogP contribution in [-0.2, 0) is 0 Å². The van der Waals surface area contributed by atoms with Crippen molar-refractivity contribution in [3.63, 3.8) is 0 Å². The number of benzene rings is 1. The maximum absolute atomic E-state index is 5.90. The first-order chi connectivity index (χ1) is 16.4. The molecule has 8 nitrogen and oxygen atoms in total. The molecule has 0 bridgehead atoms. The van der Waals surface area contributed by atoms with Crippen molar-refractivity contribution < 1.29 is 0 Å². The number of hydrogen-bond acceptors (Lipinski definition) is 7. The Hall–Kier alpha value is -3.04. The summed E-state index contributed by atoms with van der Waals surface area (Å²) in [7, 11) is 4.13. The molecule has 2 aromatic heterocycles. The van der Waals surface area contributed by atoms with Crippen molar-refractivity contribution in [1.29, 1.82) is 0 Å². The van der Waals surface area contributed by atoms with Gasteiger partial charge in [0.05, 0.1) is 11.6 Å². The van der Waals surface area contributed by atoms with Crippen LogP contribution >= 0.6 is 12.2 Å². The summed E-state index contributed by atoms with van der Waals surface area (Å²) in [5.41, 5.74) is 1.95. The predicted molar refractivity (Wildman–Crippen MR) is 145 cm³/mol. The molecule has 0 aliphatic carbocycles. The maximum Gasteiger partial charge on any atom is 0.173 e. The van der Waals surface area contributed by atoms with Gasteiger partial charge in [-0.2, -0.15) is 0 Å². The lowest BCUT2D eigenvalue weighted by molar-refractivity contribution is 0.227. The van der Waals surface area contributed by atoms with Crippen LogP contribution in [0.15, 0.2) is 48.9 Å². The number of likely N-dealkylation sites (N-methyl/N-ethyl adjacent to an activating group) is 1. The third-order valence-corrected chi connectivity index (χ3v) is 6.51. The van der Waals surface area contributed by atoms with Gasteiger partial charge < -0.3 is 25.3 Å². The number of nitrogens with one attached hydrogen (secondary N) is 2. The summed E-state index contributed by atoms with van der Waals surface area (Å²) in [6, 6.07) is 12.4. The fourth-order valence-corrected chi connectivity index (χ4v) is 4.60. The number of thiocarbonyl (C=S) groups is 1. The Morgan fingerprint density at radius 1 is 1.15 bits per heavy atom. The van der Waals surface area contributed by atoms with Crippen LogP contribution in [-0.4, -0.2) is 82.7 Å². The second kappa shape index (κ2) is 10.9. The van der Waals surface area contributed by atoms with E-state index in [9.17, 15) is 0 Å². The summed E-state index contributed by atoms with van der Waals surface area (Å²) >= 11 is 5.90. The van der Waals surface area contributed by atoms with Gasteiger partial charge in [-0.3, -0.25) is 4.98 Å². The first-order valence-corrected chi connectivity index (χ1v) is 12.2. The SMILES string of the molecule is CC(C)C1CN(c2cc(NCCN(C)C)ncn2)CCN1C(=S)Nc1cccc2ncccc12. The van der Waals surface area contributed by atoms with Crippen LogP contribution < -0.4 is 15.5 Å². The van der Waals surface area contributed by atoms with Gasteiger partial charge in [-0.15, -0.1) is 0 Å². The molecule has 1 unspecified atom stereocenters. The van der Waals surface area contributed by atoms with Crippen molar-refractivity contribution in [1.82, 2.24) is 24.8 Å². The third kappa shape index (κ3) is 5.71. The third-order valence-electron chi connectivity index (χ3n) is 6.18. The molecule has 34 heavy (non-hydrogen) atoms. The Bertz CT molecular complexity index is 1110. The van der Waals surface area contributed by atoms with E-state index in [-0.39, 0.29) is 6.04 Å². The summed E-state index contributed by atoms with van der Waals surface area (Å²) in [4.78, 5) is 20.2. The summed E-state index contributed by atoms with van der Waals surface area (Å²) in [6.07, 6.45) is 3.46. The van der Waals surface area contributed by atoms with E-state index in [1.54, 1.807) is 6.33 Å². The van der Waals surface area contributed by atoms with E-state index in [1.165, 1.54) is 0 Å². The van der Waals surface area contributed by atoms with E-state index in [1.807, 2.05) is 30.5 Å². The number of aromatic nitrogens is 3. The van der Waals surface area contributed by atoms with Crippen molar-refractivity contribution in [2.45, 2.75) is 19.9 Å². The molecule has 1 atom stereocenters. The van der Waals surface area contributed by atoms with Crippen molar-refractivity contribution in [3.05, 3.63) is 48.9 Å². The highest BCUT2D eigenvalue weighted by atomic mass is 32.1. The van der Waals surface area contributed by atoms with E-state index < -0.39 is 0 Å². The number of fused-ring (bicyclic) bond motifs is 1. The highest BCUT2D eigenvalue weighted by Crippen LogP contribution is 2.26. The maximum atomic E-state index is 5.90. The molecular weight excluding hydrogens is 444 g/mol. The number of anilines is 3. The van der Waals surface area contributed by atoms with E-state index in [4.69, 9.17) is 12.2 Å². The quantitative estimate of drug-likeness (QED) is 0.496. The second-order valence-corrected chi connectivity index (χ2v) is 9.63. The molecule has 1 aliphatic rings. The molecule has 9 heteroatoms. The minimum absolute atomic E-state index is 0.266. The first kappa shape index (κ1) is 24.1. The van der Waals surface area contributed by atoms with E-state index in [0.717, 1.165) is 66.1 Å². The molecule has 180 valence electrons. The molecule has 0 radical (unpaired) electrons. The molecule has 0 spiro atoms. The van der Waals surface area contributed by atoms with Crippen LogP contribution in [0.2, 0.25) is 0 Å². The zero-order valence-electron chi connectivity index (χ0n) is 20.4. The van der Waals surface area contributed by atoms with Crippen molar-refractivity contribution >= 4 is 45.6 Å². The molecular formula is C25H34N8S. The van der Waals surface area contributed by atoms with Gasteiger partial charge in [-0.1, -0.05) is 19.9 Å². The van der Waals surface area contributed by atoms with Gasteiger partial charge in [0.15, 0.2) is 5.11 Å². The van der Waals surface area contributed by atoms with Crippen LogP contribution in [0.1, 0.15) is 13.8 Å². The smallest absolute Gasteiger partial charge is 0.173 e. The molecule has 1 saturated heterocycles. The number of hydrogen-bond donors (Lipinski definition) is 2. The Morgan fingerprint density at radius 3 is 2.79 bits per heavy atom. The largest absolute Gasteiger partial charge is 0.369 e. The fourth-order valence-electron chi connectivity index (χ4n) is 4.26. The lowest BCUT2D eigenvalue weighted by Crippen LogP contribution is -2.58. The monoisotopic (exact) mass is 478 g/mol. The molecule has 4 rings (SSSR count). The molecule has 1 aliphatic heterocycles. The van der Waals surface area contributed by atoms with E-state index in [2.05, 4.69) is 80.4 Å². The molecule has 2 N–H and O–H groups in total. The highest BCUT2D eigenvalue weighted by Gasteiger charge is 2.31. The lowest BCUT2D eigenvalue weighted by Gasteiger charge is -2.45. The average molecular weight is 479 g/mol. The van der Waals surface area contributed by atoms with Gasteiger partial charge in [0, 0.05) is 56.1 Å². The second-order valence-electron chi connectivity index (χ2n) is 9.25. The van der Waals surface area contributed by atoms with Crippen molar-refractivity contribution in [3.8, 4) is 0 Å². The standard InChI is InChI=1S/C25H34N8S/c1-18(2)22-16-32(24-15-23(28-17-29-24)27-11-12-31(3)4)13-14-33(22)25(34)30-21-9-5-8-20-19(21)7-6-10-26-20/h5-10,15,17-18,22H,11-14,16H2,1-4H3,(H,30,34)(H,27,28,29). The van der Waals surface area contributed by atoms with Gasteiger partial charge in [-0.25, -0.2) is 9.97 Å². The summed E-state index contributed by atoms with van der Waals surface area (Å²) in [5.74, 6) is 2.24. The normalized spacial score (nSPS) is 16.4. The van der Waals surface area contributed by atoms with Crippen LogP contribution in [0.3, 0.4) is 0 Å². The first-order valence-electron chi connectivity index (χ1n) is 11.8. The van der Waals surface area contributed by atoms with Gasteiger partial charge in [0.25, 0.3) is 0 Å². The van der Waals surface area contributed by atoms with Crippen LogP contribution in [0, 0.1) is 5.92 Å². The van der Waals surface area contributed by atoms with Crippen LogP contribution in [0.5, 0.6) is 0 Å².